The van der Waals surface area contributed by atoms with Crippen LogP contribution in [0.15, 0.2) is 42.5 Å². The first-order chi connectivity index (χ1) is 14.5. The SMILES string of the molecule is COc1ccc(C=CC(C[C@H](O)CCc2ccc(OC)c(OC)c2)OC)cc1OC. The molecule has 2 rings (SSSR count). The average Bonchev–Trinajstić information content (AvgIpc) is 2.79. The van der Waals surface area contributed by atoms with Gasteiger partial charge in [0.2, 0.25) is 0 Å². The van der Waals surface area contributed by atoms with Crippen LogP contribution in [0, 0.1) is 0 Å². The summed E-state index contributed by atoms with van der Waals surface area (Å²) in [7, 11) is 8.09. The number of aryl methyl sites for hydroxylation is 1. The highest BCUT2D eigenvalue weighted by molar-refractivity contribution is 5.56. The Hall–Kier alpha value is -2.70. The molecule has 2 atom stereocenters. The molecule has 6 nitrogen and oxygen atoms in total. The molecule has 0 aliphatic carbocycles. The fourth-order valence-corrected chi connectivity index (χ4v) is 3.18. The fraction of sp³-hybridized carbons (Fsp3) is 0.417. The number of aliphatic hydroxyl groups excluding tert-OH is 1. The summed E-state index contributed by atoms with van der Waals surface area (Å²) in [6, 6.07) is 11.5. The van der Waals surface area contributed by atoms with Crippen molar-refractivity contribution in [3.05, 3.63) is 53.6 Å². The van der Waals surface area contributed by atoms with Crippen LogP contribution in [-0.4, -0.2) is 52.9 Å². The molecular formula is C24H32O6. The molecule has 1 unspecified atom stereocenters. The van der Waals surface area contributed by atoms with Crippen molar-refractivity contribution >= 4 is 6.08 Å². The van der Waals surface area contributed by atoms with E-state index < -0.39 is 6.10 Å². The molecule has 0 spiro atoms. The van der Waals surface area contributed by atoms with Gasteiger partial charge in [0, 0.05) is 13.5 Å². The molecule has 30 heavy (non-hydrogen) atoms. The van der Waals surface area contributed by atoms with Gasteiger partial charge in [-0.3, -0.25) is 0 Å². The standard InChI is InChI=1S/C24H32O6/c1-26-20(11-7-18-9-13-22(28-3)24(15-18)30-5)16-19(25)10-6-17-8-12-21(27-2)23(14-17)29-4/h7-9,11-15,19-20,25H,6,10,16H2,1-5H3/t19-,20?/m1/s1. The number of benzene rings is 2. The van der Waals surface area contributed by atoms with Crippen molar-refractivity contribution in [3.8, 4) is 23.0 Å². The van der Waals surface area contributed by atoms with Crippen LogP contribution in [0.1, 0.15) is 24.0 Å². The smallest absolute Gasteiger partial charge is 0.161 e. The number of aliphatic hydroxyl groups is 1. The van der Waals surface area contributed by atoms with Crippen molar-refractivity contribution in [1.29, 1.82) is 0 Å². The second kappa shape index (κ2) is 12.1. The molecule has 0 amide bonds. The summed E-state index contributed by atoms with van der Waals surface area (Å²) in [6.45, 7) is 0. The van der Waals surface area contributed by atoms with Crippen molar-refractivity contribution in [2.24, 2.45) is 0 Å². The molecule has 0 aliphatic rings. The molecule has 0 radical (unpaired) electrons. The van der Waals surface area contributed by atoms with E-state index in [0.29, 0.717) is 35.8 Å². The highest BCUT2D eigenvalue weighted by atomic mass is 16.5. The number of hydrogen-bond acceptors (Lipinski definition) is 6. The van der Waals surface area contributed by atoms with Crippen LogP contribution in [0.2, 0.25) is 0 Å². The van der Waals surface area contributed by atoms with Crippen LogP contribution in [-0.2, 0) is 11.2 Å². The number of ether oxygens (including phenoxy) is 5. The Balaban J connectivity index is 1.93. The maximum Gasteiger partial charge on any atom is 0.161 e. The van der Waals surface area contributed by atoms with Crippen LogP contribution in [0.3, 0.4) is 0 Å². The third kappa shape index (κ3) is 6.68. The Morgan fingerprint density at radius 3 is 2.00 bits per heavy atom. The zero-order valence-corrected chi connectivity index (χ0v) is 18.4. The summed E-state index contributed by atoms with van der Waals surface area (Å²) in [4.78, 5) is 0. The molecule has 0 bridgehead atoms. The van der Waals surface area contributed by atoms with Gasteiger partial charge in [0.05, 0.1) is 40.6 Å². The van der Waals surface area contributed by atoms with Crippen LogP contribution >= 0.6 is 0 Å². The Kier molecular flexibility index (Phi) is 9.51. The van der Waals surface area contributed by atoms with E-state index in [1.165, 1.54) is 0 Å². The van der Waals surface area contributed by atoms with Gasteiger partial charge in [-0.1, -0.05) is 24.3 Å². The lowest BCUT2D eigenvalue weighted by Gasteiger charge is -2.17. The molecule has 0 heterocycles. The zero-order chi connectivity index (χ0) is 21.9. The average molecular weight is 417 g/mol. The summed E-state index contributed by atoms with van der Waals surface area (Å²) in [5.41, 5.74) is 2.05. The molecule has 0 aromatic heterocycles. The molecule has 6 heteroatoms. The lowest BCUT2D eigenvalue weighted by molar-refractivity contribution is 0.0685. The first-order valence-electron chi connectivity index (χ1n) is 9.86. The van der Waals surface area contributed by atoms with E-state index in [2.05, 4.69) is 0 Å². The summed E-state index contributed by atoms with van der Waals surface area (Å²) in [5.74, 6) is 2.74. The minimum Gasteiger partial charge on any atom is -0.493 e. The predicted molar refractivity (Wildman–Crippen MR) is 118 cm³/mol. The fourth-order valence-electron chi connectivity index (χ4n) is 3.18. The highest BCUT2D eigenvalue weighted by Gasteiger charge is 2.13. The Labute approximate surface area is 179 Å². The van der Waals surface area contributed by atoms with E-state index in [-0.39, 0.29) is 6.10 Å². The largest absolute Gasteiger partial charge is 0.493 e. The van der Waals surface area contributed by atoms with E-state index in [1.54, 1.807) is 35.5 Å². The van der Waals surface area contributed by atoms with E-state index in [4.69, 9.17) is 23.7 Å². The Morgan fingerprint density at radius 1 is 0.800 bits per heavy atom. The minimum atomic E-state index is -0.488. The number of methoxy groups -OCH3 is 5. The van der Waals surface area contributed by atoms with Crippen molar-refractivity contribution < 1.29 is 28.8 Å². The van der Waals surface area contributed by atoms with E-state index in [1.807, 2.05) is 48.6 Å². The maximum atomic E-state index is 10.5. The van der Waals surface area contributed by atoms with Crippen molar-refractivity contribution in [3.63, 3.8) is 0 Å². The molecule has 0 fully saturated rings. The normalized spacial score (nSPS) is 13.1. The summed E-state index contributed by atoms with van der Waals surface area (Å²) < 4.78 is 26.7. The summed E-state index contributed by atoms with van der Waals surface area (Å²) >= 11 is 0. The number of hydrogen-bond donors (Lipinski definition) is 1. The molecule has 1 N–H and O–H groups in total. The van der Waals surface area contributed by atoms with E-state index in [9.17, 15) is 5.11 Å². The van der Waals surface area contributed by atoms with Crippen LogP contribution < -0.4 is 18.9 Å². The van der Waals surface area contributed by atoms with Crippen molar-refractivity contribution in [2.45, 2.75) is 31.5 Å². The molecular weight excluding hydrogens is 384 g/mol. The molecule has 0 saturated heterocycles. The van der Waals surface area contributed by atoms with Gasteiger partial charge in [-0.2, -0.15) is 0 Å². The highest BCUT2D eigenvalue weighted by Crippen LogP contribution is 2.29. The molecule has 2 aromatic rings. The van der Waals surface area contributed by atoms with Gasteiger partial charge in [-0.25, -0.2) is 0 Å². The molecule has 0 saturated carbocycles. The van der Waals surface area contributed by atoms with Crippen molar-refractivity contribution in [2.75, 3.05) is 35.5 Å². The van der Waals surface area contributed by atoms with E-state index in [0.717, 1.165) is 17.5 Å². The van der Waals surface area contributed by atoms with Crippen LogP contribution in [0.25, 0.3) is 6.08 Å². The van der Waals surface area contributed by atoms with Gasteiger partial charge in [0.15, 0.2) is 23.0 Å². The summed E-state index contributed by atoms with van der Waals surface area (Å²) in [5, 5.41) is 10.5. The number of rotatable bonds is 12. The molecule has 2 aromatic carbocycles. The minimum absolute atomic E-state index is 0.196. The Bertz CT molecular complexity index is 817. The van der Waals surface area contributed by atoms with Gasteiger partial charge in [-0.15, -0.1) is 0 Å². The van der Waals surface area contributed by atoms with E-state index >= 15 is 0 Å². The lowest BCUT2D eigenvalue weighted by atomic mass is 10.0. The van der Waals surface area contributed by atoms with Crippen LogP contribution in [0.4, 0.5) is 0 Å². The third-order valence-corrected chi connectivity index (χ3v) is 4.93. The quantitative estimate of drug-likeness (QED) is 0.561. The second-order valence-electron chi connectivity index (χ2n) is 6.87. The molecule has 0 aliphatic heterocycles. The topological polar surface area (TPSA) is 66.4 Å². The van der Waals surface area contributed by atoms with Gasteiger partial charge in [-0.05, 0) is 48.2 Å². The van der Waals surface area contributed by atoms with Gasteiger partial charge in [0.1, 0.15) is 0 Å². The second-order valence-corrected chi connectivity index (χ2v) is 6.87. The predicted octanol–water partition coefficient (Wildman–Crippen LogP) is 4.13. The van der Waals surface area contributed by atoms with Crippen LogP contribution in [0.5, 0.6) is 23.0 Å². The first-order valence-corrected chi connectivity index (χ1v) is 9.86. The van der Waals surface area contributed by atoms with Crippen molar-refractivity contribution in [1.82, 2.24) is 0 Å². The van der Waals surface area contributed by atoms with Gasteiger partial charge < -0.3 is 28.8 Å². The van der Waals surface area contributed by atoms with Gasteiger partial charge in [0.25, 0.3) is 0 Å². The third-order valence-electron chi connectivity index (χ3n) is 4.93. The van der Waals surface area contributed by atoms with Gasteiger partial charge >= 0.3 is 0 Å². The zero-order valence-electron chi connectivity index (χ0n) is 18.4. The lowest BCUT2D eigenvalue weighted by Crippen LogP contribution is -2.18. The monoisotopic (exact) mass is 416 g/mol. The summed E-state index contributed by atoms with van der Waals surface area (Å²) in [6.07, 6.45) is 5.08. The maximum absolute atomic E-state index is 10.5. The molecule has 164 valence electrons. The first kappa shape index (κ1) is 23.6. The Morgan fingerprint density at radius 2 is 1.40 bits per heavy atom.